The van der Waals surface area contributed by atoms with E-state index in [0.717, 1.165) is 18.2 Å². The van der Waals surface area contributed by atoms with Gasteiger partial charge in [-0.15, -0.1) is 0 Å². The number of aromatic amines is 1. The van der Waals surface area contributed by atoms with Crippen molar-refractivity contribution in [3.8, 4) is 17.2 Å². The Hall–Kier alpha value is -2.37. The maximum absolute atomic E-state index is 12.8. The van der Waals surface area contributed by atoms with Gasteiger partial charge >= 0.3 is 0 Å². The molecule has 0 saturated carbocycles. The highest BCUT2D eigenvalue weighted by Gasteiger charge is 2.22. The van der Waals surface area contributed by atoms with Gasteiger partial charge in [0.2, 0.25) is 0 Å². The van der Waals surface area contributed by atoms with Gasteiger partial charge in [0.25, 0.3) is 5.91 Å². The summed E-state index contributed by atoms with van der Waals surface area (Å²) >= 11 is 0. The molecule has 0 aliphatic heterocycles. The summed E-state index contributed by atoms with van der Waals surface area (Å²) in [6, 6.07) is 3.73. The molecule has 24 heavy (non-hydrogen) atoms. The summed E-state index contributed by atoms with van der Waals surface area (Å²) in [5.74, 6) is 1.67. The lowest BCUT2D eigenvalue weighted by atomic mass is 10.1. The molecule has 0 saturated heterocycles. The van der Waals surface area contributed by atoms with Gasteiger partial charge in [0, 0.05) is 24.5 Å². The fraction of sp³-hybridized carbons (Fsp3) is 0.500. The lowest BCUT2D eigenvalue weighted by Crippen LogP contribution is -2.35. The zero-order valence-corrected chi connectivity index (χ0v) is 15.2. The third-order valence-electron chi connectivity index (χ3n) is 4.36. The van der Waals surface area contributed by atoms with E-state index in [1.54, 1.807) is 38.4 Å². The first-order valence-corrected chi connectivity index (χ1v) is 8.07. The quantitative estimate of drug-likeness (QED) is 0.842. The van der Waals surface area contributed by atoms with Crippen molar-refractivity contribution < 1.29 is 19.0 Å². The fourth-order valence-electron chi connectivity index (χ4n) is 2.85. The molecule has 2 rings (SSSR count). The Morgan fingerprint density at radius 1 is 1.17 bits per heavy atom. The van der Waals surface area contributed by atoms with Crippen molar-refractivity contribution in [1.82, 2.24) is 9.88 Å². The number of hydrogen-bond acceptors (Lipinski definition) is 4. The highest BCUT2D eigenvalue weighted by atomic mass is 16.5. The molecular weight excluding hydrogens is 308 g/mol. The average Bonchev–Trinajstić information content (AvgIpc) is 3.03. The molecule has 6 nitrogen and oxygen atoms in total. The van der Waals surface area contributed by atoms with Crippen LogP contribution in [0.15, 0.2) is 12.1 Å². The van der Waals surface area contributed by atoms with Crippen LogP contribution in [0.25, 0.3) is 10.9 Å². The van der Waals surface area contributed by atoms with Gasteiger partial charge in [-0.3, -0.25) is 4.79 Å². The Balaban J connectivity index is 2.52. The molecule has 1 N–H and O–H groups in total. The summed E-state index contributed by atoms with van der Waals surface area (Å²) in [6.07, 6.45) is 1.99. The predicted molar refractivity (Wildman–Crippen MR) is 94.4 cm³/mol. The highest BCUT2D eigenvalue weighted by molar-refractivity contribution is 6.02. The van der Waals surface area contributed by atoms with Crippen LogP contribution in [0.3, 0.4) is 0 Å². The van der Waals surface area contributed by atoms with E-state index in [0.29, 0.717) is 28.5 Å². The van der Waals surface area contributed by atoms with Crippen LogP contribution in [0.2, 0.25) is 0 Å². The molecular formula is C18H26N2O4. The van der Waals surface area contributed by atoms with E-state index in [1.165, 1.54) is 0 Å². The van der Waals surface area contributed by atoms with Crippen LogP contribution < -0.4 is 14.2 Å². The molecule has 1 amide bonds. The van der Waals surface area contributed by atoms with E-state index < -0.39 is 0 Å². The molecule has 0 bridgehead atoms. The van der Waals surface area contributed by atoms with E-state index in [2.05, 4.69) is 11.9 Å². The van der Waals surface area contributed by atoms with Crippen LogP contribution >= 0.6 is 0 Å². The maximum atomic E-state index is 12.8. The van der Waals surface area contributed by atoms with Crippen LogP contribution in [-0.4, -0.2) is 50.2 Å². The topological polar surface area (TPSA) is 63.8 Å². The first-order chi connectivity index (χ1) is 11.5. The van der Waals surface area contributed by atoms with E-state index in [1.807, 2.05) is 14.0 Å². The molecule has 0 spiro atoms. The van der Waals surface area contributed by atoms with E-state index in [-0.39, 0.29) is 11.9 Å². The van der Waals surface area contributed by atoms with E-state index >= 15 is 0 Å². The van der Waals surface area contributed by atoms with Crippen molar-refractivity contribution in [2.24, 2.45) is 0 Å². The third-order valence-corrected chi connectivity index (χ3v) is 4.36. The van der Waals surface area contributed by atoms with Crippen molar-refractivity contribution >= 4 is 16.8 Å². The Morgan fingerprint density at radius 3 is 2.38 bits per heavy atom. The van der Waals surface area contributed by atoms with Crippen LogP contribution in [0.1, 0.15) is 37.2 Å². The number of hydrogen-bond donors (Lipinski definition) is 1. The Bertz CT molecular complexity index is 723. The number of carbonyl (C=O) groups is 1. The van der Waals surface area contributed by atoms with Crippen LogP contribution in [0.5, 0.6) is 17.2 Å². The summed E-state index contributed by atoms with van der Waals surface area (Å²) in [4.78, 5) is 17.7. The SMILES string of the molecule is CCC[C@@H](C)N(C)C(=O)c1cc2c(OC)cc(OC)c(OC)c2[nH]1. The molecule has 0 aliphatic carbocycles. The van der Waals surface area contributed by atoms with Gasteiger partial charge in [-0.05, 0) is 19.4 Å². The number of ether oxygens (including phenoxy) is 3. The summed E-state index contributed by atoms with van der Waals surface area (Å²) in [7, 11) is 6.55. The number of fused-ring (bicyclic) bond motifs is 1. The van der Waals surface area contributed by atoms with Gasteiger partial charge in [0.1, 0.15) is 11.4 Å². The van der Waals surface area contributed by atoms with Crippen molar-refractivity contribution in [2.45, 2.75) is 32.7 Å². The lowest BCUT2D eigenvalue weighted by Gasteiger charge is -2.24. The van der Waals surface area contributed by atoms with Gasteiger partial charge in [-0.1, -0.05) is 13.3 Å². The average molecular weight is 334 g/mol. The van der Waals surface area contributed by atoms with Crippen LogP contribution in [0.4, 0.5) is 0 Å². The van der Waals surface area contributed by atoms with Crippen molar-refractivity contribution in [3.05, 3.63) is 17.8 Å². The third kappa shape index (κ3) is 3.13. The van der Waals surface area contributed by atoms with Gasteiger partial charge in [0.15, 0.2) is 11.5 Å². The smallest absolute Gasteiger partial charge is 0.270 e. The fourth-order valence-corrected chi connectivity index (χ4v) is 2.85. The van der Waals surface area contributed by atoms with Crippen LogP contribution in [-0.2, 0) is 0 Å². The minimum Gasteiger partial charge on any atom is -0.496 e. The highest BCUT2D eigenvalue weighted by Crippen LogP contribution is 2.41. The minimum absolute atomic E-state index is 0.0600. The monoisotopic (exact) mass is 334 g/mol. The van der Waals surface area contributed by atoms with E-state index in [4.69, 9.17) is 14.2 Å². The van der Waals surface area contributed by atoms with E-state index in [9.17, 15) is 4.79 Å². The minimum atomic E-state index is -0.0600. The molecule has 6 heteroatoms. The van der Waals surface area contributed by atoms with Gasteiger partial charge in [-0.2, -0.15) is 0 Å². The number of aromatic nitrogens is 1. The van der Waals surface area contributed by atoms with Crippen molar-refractivity contribution in [2.75, 3.05) is 28.4 Å². The Labute approximate surface area is 142 Å². The number of nitrogens with one attached hydrogen (secondary N) is 1. The summed E-state index contributed by atoms with van der Waals surface area (Å²) in [5.41, 5.74) is 1.19. The number of methoxy groups -OCH3 is 3. The summed E-state index contributed by atoms with van der Waals surface area (Å²) in [6.45, 7) is 4.16. The number of nitrogens with zero attached hydrogens (tertiary/aromatic N) is 1. The molecule has 1 aromatic carbocycles. The molecule has 132 valence electrons. The molecule has 0 aliphatic rings. The maximum Gasteiger partial charge on any atom is 0.270 e. The second-order valence-corrected chi connectivity index (χ2v) is 5.84. The summed E-state index contributed by atoms with van der Waals surface area (Å²) < 4.78 is 16.2. The second-order valence-electron chi connectivity index (χ2n) is 5.84. The second kappa shape index (κ2) is 7.47. The zero-order chi connectivity index (χ0) is 17.9. The number of carbonyl (C=O) groups excluding carboxylic acids is 1. The zero-order valence-electron chi connectivity index (χ0n) is 15.2. The normalized spacial score (nSPS) is 12.1. The number of amides is 1. The van der Waals surface area contributed by atoms with Crippen molar-refractivity contribution in [3.63, 3.8) is 0 Å². The molecule has 1 atom stereocenters. The Morgan fingerprint density at radius 2 is 1.83 bits per heavy atom. The lowest BCUT2D eigenvalue weighted by molar-refractivity contribution is 0.0732. The standard InChI is InChI=1S/C18H26N2O4/c1-7-8-11(2)20(3)18(21)13-9-12-14(22-4)10-15(23-5)17(24-6)16(12)19-13/h9-11,19H,7-8H2,1-6H3/t11-/m1/s1. The molecule has 1 aromatic heterocycles. The molecule has 0 fully saturated rings. The molecule has 0 unspecified atom stereocenters. The molecule has 2 aromatic rings. The Kier molecular flexibility index (Phi) is 5.59. The van der Waals surface area contributed by atoms with Gasteiger partial charge in [-0.25, -0.2) is 0 Å². The number of H-pyrrole nitrogens is 1. The largest absolute Gasteiger partial charge is 0.496 e. The predicted octanol–water partition coefficient (Wildman–Crippen LogP) is 3.45. The van der Waals surface area contributed by atoms with Gasteiger partial charge in [0.05, 0.1) is 26.8 Å². The number of benzene rings is 1. The number of rotatable bonds is 7. The first kappa shape index (κ1) is 18.0. The molecule has 0 radical (unpaired) electrons. The summed E-state index contributed by atoms with van der Waals surface area (Å²) in [5, 5.41) is 0.787. The van der Waals surface area contributed by atoms with Crippen molar-refractivity contribution in [1.29, 1.82) is 0 Å². The first-order valence-electron chi connectivity index (χ1n) is 8.07. The van der Waals surface area contributed by atoms with Crippen LogP contribution in [0, 0.1) is 0 Å². The molecule has 1 heterocycles. The van der Waals surface area contributed by atoms with Gasteiger partial charge < -0.3 is 24.1 Å².